The topological polar surface area (TPSA) is 59.6 Å². The van der Waals surface area contributed by atoms with Gasteiger partial charge in [-0.2, -0.15) is 0 Å². The van der Waals surface area contributed by atoms with Gasteiger partial charge in [-0.3, -0.25) is 4.79 Å². The molecule has 1 rings (SSSR count). The smallest absolute Gasteiger partial charge is 0.234 e. The quantitative estimate of drug-likeness (QED) is 0.758. The van der Waals surface area contributed by atoms with Gasteiger partial charge in [0, 0.05) is 6.54 Å². The van der Waals surface area contributed by atoms with E-state index < -0.39 is 0 Å². The summed E-state index contributed by atoms with van der Waals surface area (Å²) < 4.78 is 10.7. The molecule has 5 heteroatoms. The third-order valence-corrected chi connectivity index (χ3v) is 2.35. The minimum absolute atomic E-state index is 0.0359. The molecule has 0 radical (unpaired) electrons. The second-order valence-electron chi connectivity index (χ2n) is 3.73. The molecule has 18 heavy (non-hydrogen) atoms. The Bertz CT molecular complexity index is 394. The SMILES string of the molecule is CCOc1cc(CNC(=O)CNC)ccc1OC. The van der Waals surface area contributed by atoms with Crippen molar-refractivity contribution in [3.63, 3.8) is 0 Å². The summed E-state index contributed by atoms with van der Waals surface area (Å²) in [6.45, 7) is 3.28. The molecule has 0 saturated carbocycles. The minimum atomic E-state index is -0.0359. The van der Waals surface area contributed by atoms with E-state index in [0.29, 0.717) is 31.2 Å². The van der Waals surface area contributed by atoms with Gasteiger partial charge in [0.25, 0.3) is 0 Å². The van der Waals surface area contributed by atoms with Crippen molar-refractivity contribution in [2.45, 2.75) is 13.5 Å². The van der Waals surface area contributed by atoms with Crippen molar-refractivity contribution in [3.8, 4) is 11.5 Å². The third kappa shape index (κ3) is 4.25. The monoisotopic (exact) mass is 252 g/mol. The predicted molar refractivity (Wildman–Crippen MR) is 69.9 cm³/mol. The molecule has 1 amide bonds. The predicted octanol–water partition coefficient (Wildman–Crippen LogP) is 0.929. The highest BCUT2D eigenvalue weighted by atomic mass is 16.5. The molecule has 0 atom stereocenters. The Labute approximate surface area is 107 Å². The van der Waals surface area contributed by atoms with Crippen LogP contribution in [0, 0.1) is 0 Å². The maximum Gasteiger partial charge on any atom is 0.234 e. The van der Waals surface area contributed by atoms with Gasteiger partial charge in [-0.15, -0.1) is 0 Å². The van der Waals surface area contributed by atoms with Crippen LogP contribution in [0.1, 0.15) is 12.5 Å². The van der Waals surface area contributed by atoms with E-state index in [1.165, 1.54) is 0 Å². The standard InChI is InChI=1S/C13H20N2O3/c1-4-18-12-7-10(5-6-11(12)17-3)8-15-13(16)9-14-2/h5-7,14H,4,8-9H2,1-3H3,(H,15,16). The molecule has 1 aromatic rings. The van der Waals surface area contributed by atoms with E-state index in [0.717, 1.165) is 5.56 Å². The second kappa shape index (κ2) is 7.55. The summed E-state index contributed by atoms with van der Waals surface area (Å²) in [7, 11) is 3.34. The van der Waals surface area contributed by atoms with Crippen molar-refractivity contribution < 1.29 is 14.3 Å². The Morgan fingerprint density at radius 1 is 1.33 bits per heavy atom. The first-order valence-electron chi connectivity index (χ1n) is 5.92. The number of rotatable bonds is 7. The largest absolute Gasteiger partial charge is 0.493 e. The van der Waals surface area contributed by atoms with E-state index >= 15 is 0 Å². The first kappa shape index (κ1) is 14.3. The number of nitrogens with one attached hydrogen (secondary N) is 2. The summed E-state index contributed by atoms with van der Waals surface area (Å²) in [5.41, 5.74) is 0.976. The lowest BCUT2D eigenvalue weighted by Crippen LogP contribution is -2.31. The first-order valence-corrected chi connectivity index (χ1v) is 5.92. The zero-order valence-corrected chi connectivity index (χ0v) is 11.1. The zero-order valence-electron chi connectivity index (χ0n) is 11.1. The molecular weight excluding hydrogens is 232 g/mol. The van der Waals surface area contributed by atoms with Crippen molar-refractivity contribution in [1.29, 1.82) is 0 Å². The van der Waals surface area contributed by atoms with E-state index in [1.54, 1.807) is 14.2 Å². The summed E-state index contributed by atoms with van der Waals surface area (Å²) in [6, 6.07) is 5.62. The number of carbonyl (C=O) groups is 1. The van der Waals surface area contributed by atoms with E-state index in [1.807, 2.05) is 25.1 Å². The molecule has 0 spiro atoms. The summed E-state index contributed by atoms with van der Waals surface area (Å²) in [5.74, 6) is 1.36. The molecular formula is C13H20N2O3. The maximum atomic E-state index is 11.3. The van der Waals surface area contributed by atoms with Crippen LogP contribution in [-0.4, -0.2) is 33.2 Å². The molecule has 0 aliphatic rings. The highest BCUT2D eigenvalue weighted by Crippen LogP contribution is 2.27. The van der Waals surface area contributed by atoms with Gasteiger partial charge in [-0.05, 0) is 31.7 Å². The van der Waals surface area contributed by atoms with Gasteiger partial charge in [0.05, 0.1) is 20.3 Å². The lowest BCUT2D eigenvalue weighted by atomic mass is 10.2. The Morgan fingerprint density at radius 3 is 2.72 bits per heavy atom. The summed E-state index contributed by atoms with van der Waals surface area (Å²) >= 11 is 0. The molecule has 0 unspecified atom stereocenters. The van der Waals surface area contributed by atoms with Gasteiger partial charge in [0.1, 0.15) is 0 Å². The van der Waals surface area contributed by atoms with Gasteiger partial charge < -0.3 is 20.1 Å². The number of likely N-dealkylation sites (N-methyl/N-ethyl adjacent to an activating group) is 1. The molecule has 0 heterocycles. The van der Waals surface area contributed by atoms with Gasteiger partial charge in [0.2, 0.25) is 5.91 Å². The third-order valence-electron chi connectivity index (χ3n) is 2.35. The van der Waals surface area contributed by atoms with Crippen LogP contribution in [0.5, 0.6) is 11.5 Å². The average Bonchev–Trinajstić information content (AvgIpc) is 2.37. The summed E-state index contributed by atoms with van der Waals surface area (Å²) in [5, 5.41) is 5.61. The lowest BCUT2D eigenvalue weighted by Gasteiger charge is -2.11. The lowest BCUT2D eigenvalue weighted by molar-refractivity contribution is -0.120. The first-order chi connectivity index (χ1) is 8.71. The molecule has 2 N–H and O–H groups in total. The summed E-state index contributed by atoms with van der Waals surface area (Å²) in [6.07, 6.45) is 0. The van der Waals surface area contributed by atoms with Crippen molar-refractivity contribution in [2.24, 2.45) is 0 Å². The maximum absolute atomic E-state index is 11.3. The Morgan fingerprint density at radius 2 is 2.11 bits per heavy atom. The van der Waals surface area contributed by atoms with Crippen molar-refractivity contribution in [2.75, 3.05) is 27.3 Å². The summed E-state index contributed by atoms with van der Waals surface area (Å²) in [4.78, 5) is 11.3. The number of methoxy groups -OCH3 is 1. The molecule has 1 aromatic carbocycles. The van der Waals surface area contributed by atoms with Crippen LogP contribution in [0.4, 0.5) is 0 Å². The zero-order chi connectivity index (χ0) is 13.4. The normalized spacial score (nSPS) is 9.94. The van der Waals surface area contributed by atoms with Crippen molar-refractivity contribution in [1.82, 2.24) is 10.6 Å². The van der Waals surface area contributed by atoms with Crippen LogP contribution in [0.3, 0.4) is 0 Å². The number of hydrogen-bond acceptors (Lipinski definition) is 4. The van der Waals surface area contributed by atoms with Gasteiger partial charge in [-0.1, -0.05) is 6.07 Å². The van der Waals surface area contributed by atoms with E-state index in [2.05, 4.69) is 10.6 Å². The van der Waals surface area contributed by atoms with Crippen LogP contribution in [0.25, 0.3) is 0 Å². The molecule has 5 nitrogen and oxygen atoms in total. The number of carbonyl (C=O) groups excluding carboxylic acids is 1. The Hall–Kier alpha value is -1.75. The molecule has 100 valence electrons. The fourth-order valence-electron chi connectivity index (χ4n) is 1.52. The fraction of sp³-hybridized carbons (Fsp3) is 0.462. The van der Waals surface area contributed by atoms with Gasteiger partial charge in [0.15, 0.2) is 11.5 Å². The highest BCUT2D eigenvalue weighted by Gasteiger charge is 2.06. The van der Waals surface area contributed by atoms with E-state index in [4.69, 9.17) is 9.47 Å². The second-order valence-corrected chi connectivity index (χ2v) is 3.73. The number of ether oxygens (including phenoxy) is 2. The van der Waals surface area contributed by atoms with Crippen molar-refractivity contribution >= 4 is 5.91 Å². The fourth-order valence-corrected chi connectivity index (χ4v) is 1.52. The molecule has 0 aliphatic carbocycles. The van der Waals surface area contributed by atoms with Gasteiger partial charge >= 0.3 is 0 Å². The average molecular weight is 252 g/mol. The Kier molecular flexibility index (Phi) is 6.00. The number of benzene rings is 1. The molecule has 0 fully saturated rings. The molecule has 0 aliphatic heterocycles. The number of amides is 1. The van der Waals surface area contributed by atoms with Crippen LogP contribution in [0.2, 0.25) is 0 Å². The number of hydrogen-bond donors (Lipinski definition) is 2. The molecule has 0 aromatic heterocycles. The van der Waals surface area contributed by atoms with Crippen LogP contribution >= 0.6 is 0 Å². The van der Waals surface area contributed by atoms with E-state index in [-0.39, 0.29) is 5.91 Å². The van der Waals surface area contributed by atoms with E-state index in [9.17, 15) is 4.79 Å². The van der Waals surface area contributed by atoms with Crippen LogP contribution in [-0.2, 0) is 11.3 Å². The molecule has 0 saturated heterocycles. The molecule has 0 bridgehead atoms. The van der Waals surface area contributed by atoms with Crippen LogP contribution in [0.15, 0.2) is 18.2 Å². The Balaban J connectivity index is 2.66. The highest BCUT2D eigenvalue weighted by molar-refractivity contribution is 5.77. The van der Waals surface area contributed by atoms with Crippen LogP contribution < -0.4 is 20.1 Å². The van der Waals surface area contributed by atoms with Crippen molar-refractivity contribution in [3.05, 3.63) is 23.8 Å². The van der Waals surface area contributed by atoms with Gasteiger partial charge in [-0.25, -0.2) is 0 Å². The minimum Gasteiger partial charge on any atom is -0.493 e.